The SMILES string of the molecule is CNCC1CC(OCC(=O)NCCC(C)C)C1. The third-order valence-electron chi connectivity index (χ3n) is 3.18. The van der Waals surface area contributed by atoms with Gasteiger partial charge < -0.3 is 15.4 Å². The van der Waals surface area contributed by atoms with Crippen molar-refractivity contribution in [2.45, 2.75) is 39.2 Å². The Morgan fingerprint density at radius 2 is 2.12 bits per heavy atom. The zero-order valence-electron chi connectivity index (χ0n) is 11.3. The first-order valence-electron chi connectivity index (χ1n) is 6.64. The van der Waals surface area contributed by atoms with Crippen LogP contribution in [-0.2, 0) is 9.53 Å². The molecule has 100 valence electrons. The molecule has 0 atom stereocenters. The minimum atomic E-state index is 0.0164. The molecule has 0 aliphatic heterocycles. The number of nitrogens with one attached hydrogen (secondary N) is 2. The lowest BCUT2D eigenvalue weighted by atomic mass is 9.82. The van der Waals surface area contributed by atoms with Crippen molar-refractivity contribution in [1.82, 2.24) is 10.6 Å². The van der Waals surface area contributed by atoms with Crippen LogP contribution >= 0.6 is 0 Å². The average molecular weight is 242 g/mol. The van der Waals surface area contributed by atoms with Crippen LogP contribution in [0.5, 0.6) is 0 Å². The van der Waals surface area contributed by atoms with Crippen molar-refractivity contribution in [3.8, 4) is 0 Å². The second-order valence-electron chi connectivity index (χ2n) is 5.36. The summed E-state index contributed by atoms with van der Waals surface area (Å²) in [5.74, 6) is 1.38. The van der Waals surface area contributed by atoms with Crippen molar-refractivity contribution in [2.24, 2.45) is 11.8 Å². The molecule has 0 aromatic carbocycles. The van der Waals surface area contributed by atoms with Gasteiger partial charge in [0.15, 0.2) is 0 Å². The summed E-state index contributed by atoms with van der Waals surface area (Å²) in [6, 6.07) is 0. The highest BCUT2D eigenvalue weighted by molar-refractivity contribution is 5.77. The fraction of sp³-hybridized carbons (Fsp3) is 0.923. The molecule has 0 bridgehead atoms. The van der Waals surface area contributed by atoms with E-state index in [-0.39, 0.29) is 12.5 Å². The van der Waals surface area contributed by atoms with E-state index in [1.165, 1.54) is 0 Å². The molecule has 0 heterocycles. The average Bonchev–Trinajstić information content (AvgIpc) is 2.20. The van der Waals surface area contributed by atoms with Crippen LogP contribution in [0.4, 0.5) is 0 Å². The first-order valence-corrected chi connectivity index (χ1v) is 6.64. The summed E-state index contributed by atoms with van der Waals surface area (Å²) in [5.41, 5.74) is 0. The van der Waals surface area contributed by atoms with Crippen molar-refractivity contribution in [3.63, 3.8) is 0 Å². The van der Waals surface area contributed by atoms with Crippen molar-refractivity contribution < 1.29 is 9.53 Å². The van der Waals surface area contributed by atoms with Gasteiger partial charge in [0.25, 0.3) is 0 Å². The molecule has 17 heavy (non-hydrogen) atoms. The molecule has 0 saturated heterocycles. The Balaban J connectivity index is 1.94. The van der Waals surface area contributed by atoms with Crippen LogP contribution in [0.25, 0.3) is 0 Å². The van der Waals surface area contributed by atoms with Crippen LogP contribution in [-0.4, -0.2) is 38.8 Å². The number of carbonyl (C=O) groups excluding carboxylic acids is 1. The molecule has 2 N–H and O–H groups in total. The minimum Gasteiger partial charge on any atom is -0.368 e. The molecule has 0 spiro atoms. The molecular weight excluding hydrogens is 216 g/mol. The first kappa shape index (κ1) is 14.5. The number of amides is 1. The number of ether oxygens (including phenoxy) is 1. The molecule has 0 radical (unpaired) electrons. The molecule has 1 fully saturated rings. The maximum Gasteiger partial charge on any atom is 0.246 e. The minimum absolute atomic E-state index is 0.0164. The van der Waals surface area contributed by atoms with Crippen LogP contribution in [0.15, 0.2) is 0 Å². The summed E-state index contributed by atoms with van der Waals surface area (Å²) in [6.45, 7) is 6.33. The van der Waals surface area contributed by atoms with E-state index in [2.05, 4.69) is 24.5 Å². The number of carbonyl (C=O) groups is 1. The Morgan fingerprint density at radius 1 is 1.41 bits per heavy atom. The summed E-state index contributed by atoms with van der Waals surface area (Å²) in [6.07, 6.45) is 3.49. The zero-order chi connectivity index (χ0) is 12.7. The summed E-state index contributed by atoms with van der Waals surface area (Å²) < 4.78 is 5.53. The highest BCUT2D eigenvalue weighted by Crippen LogP contribution is 2.29. The smallest absolute Gasteiger partial charge is 0.246 e. The fourth-order valence-electron chi connectivity index (χ4n) is 2.01. The van der Waals surface area contributed by atoms with E-state index in [4.69, 9.17) is 4.74 Å². The number of rotatable bonds is 8. The Bertz CT molecular complexity index is 225. The van der Waals surface area contributed by atoms with Crippen molar-refractivity contribution in [2.75, 3.05) is 26.7 Å². The molecule has 4 nitrogen and oxygen atoms in total. The van der Waals surface area contributed by atoms with Crippen LogP contribution in [0, 0.1) is 11.8 Å². The molecule has 1 aliphatic rings. The zero-order valence-corrected chi connectivity index (χ0v) is 11.3. The summed E-state index contributed by atoms with van der Waals surface area (Å²) >= 11 is 0. The molecular formula is C13H26N2O2. The van der Waals surface area contributed by atoms with E-state index in [1.54, 1.807) is 0 Å². The standard InChI is InChI=1S/C13H26N2O2/c1-10(2)4-5-15-13(16)9-17-12-6-11(7-12)8-14-3/h10-12,14H,4-9H2,1-3H3,(H,15,16). The van der Waals surface area contributed by atoms with Crippen molar-refractivity contribution in [1.29, 1.82) is 0 Å². The van der Waals surface area contributed by atoms with Gasteiger partial charge >= 0.3 is 0 Å². The predicted molar refractivity (Wildman–Crippen MR) is 68.9 cm³/mol. The van der Waals surface area contributed by atoms with Gasteiger partial charge in [-0.25, -0.2) is 0 Å². The van der Waals surface area contributed by atoms with Gasteiger partial charge in [0.1, 0.15) is 6.61 Å². The van der Waals surface area contributed by atoms with Gasteiger partial charge in [0, 0.05) is 6.54 Å². The molecule has 1 aliphatic carbocycles. The van der Waals surface area contributed by atoms with Crippen LogP contribution in [0.1, 0.15) is 33.1 Å². The lowest BCUT2D eigenvalue weighted by Crippen LogP contribution is -2.39. The summed E-state index contributed by atoms with van der Waals surface area (Å²) in [7, 11) is 1.97. The second kappa shape index (κ2) is 7.67. The highest BCUT2D eigenvalue weighted by atomic mass is 16.5. The third-order valence-corrected chi connectivity index (χ3v) is 3.18. The quantitative estimate of drug-likeness (QED) is 0.671. The van der Waals surface area contributed by atoms with Crippen LogP contribution in [0.3, 0.4) is 0 Å². The molecule has 0 unspecified atom stereocenters. The third kappa shape index (κ3) is 6.03. The molecule has 1 rings (SSSR count). The Labute approximate surface area is 104 Å². The van der Waals surface area contributed by atoms with E-state index in [0.717, 1.165) is 38.3 Å². The fourth-order valence-corrected chi connectivity index (χ4v) is 2.01. The van der Waals surface area contributed by atoms with Gasteiger partial charge in [-0.15, -0.1) is 0 Å². The van der Waals surface area contributed by atoms with Crippen LogP contribution in [0.2, 0.25) is 0 Å². The van der Waals surface area contributed by atoms with E-state index in [0.29, 0.717) is 12.0 Å². The monoisotopic (exact) mass is 242 g/mol. The lowest BCUT2D eigenvalue weighted by Gasteiger charge is -2.34. The topological polar surface area (TPSA) is 50.4 Å². The second-order valence-corrected chi connectivity index (χ2v) is 5.36. The van der Waals surface area contributed by atoms with Crippen molar-refractivity contribution in [3.05, 3.63) is 0 Å². The van der Waals surface area contributed by atoms with Crippen molar-refractivity contribution >= 4 is 5.91 Å². The summed E-state index contributed by atoms with van der Waals surface area (Å²) in [5, 5.41) is 6.04. The van der Waals surface area contributed by atoms with Crippen LogP contribution < -0.4 is 10.6 Å². The van der Waals surface area contributed by atoms with Gasteiger partial charge in [0.05, 0.1) is 6.10 Å². The van der Waals surface area contributed by atoms with Gasteiger partial charge in [-0.05, 0) is 44.7 Å². The largest absolute Gasteiger partial charge is 0.368 e. The number of hydrogen-bond acceptors (Lipinski definition) is 3. The first-order chi connectivity index (χ1) is 8.11. The predicted octanol–water partition coefficient (Wildman–Crippen LogP) is 1.16. The molecule has 4 heteroatoms. The van der Waals surface area contributed by atoms with Gasteiger partial charge in [-0.3, -0.25) is 4.79 Å². The Kier molecular flexibility index (Phi) is 6.52. The van der Waals surface area contributed by atoms with Gasteiger partial charge in [-0.2, -0.15) is 0 Å². The Morgan fingerprint density at radius 3 is 2.71 bits per heavy atom. The molecule has 0 aromatic heterocycles. The highest BCUT2D eigenvalue weighted by Gasteiger charge is 2.29. The van der Waals surface area contributed by atoms with Gasteiger partial charge in [-0.1, -0.05) is 13.8 Å². The number of hydrogen-bond donors (Lipinski definition) is 2. The molecule has 1 amide bonds. The normalized spacial score (nSPS) is 23.5. The van der Waals surface area contributed by atoms with E-state index >= 15 is 0 Å². The van der Waals surface area contributed by atoms with Gasteiger partial charge in [0.2, 0.25) is 5.91 Å². The van der Waals surface area contributed by atoms with E-state index in [1.807, 2.05) is 7.05 Å². The maximum absolute atomic E-state index is 11.4. The Hall–Kier alpha value is -0.610. The maximum atomic E-state index is 11.4. The van der Waals surface area contributed by atoms with E-state index in [9.17, 15) is 4.79 Å². The molecule has 0 aromatic rings. The summed E-state index contributed by atoms with van der Waals surface area (Å²) in [4.78, 5) is 11.4. The lowest BCUT2D eigenvalue weighted by molar-refractivity contribution is -0.131. The van der Waals surface area contributed by atoms with E-state index < -0.39 is 0 Å². The molecule has 1 saturated carbocycles.